The SMILES string of the molecule is O=C(CSc1ccc2c(c1)CCC2)Nc1c(Cl)cccc1C(F)(F)F. The van der Waals surface area contributed by atoms with Crippen molar-refractivity contribution in [2.75, 3.05) is 11.1 Å². The van der Waals surface area contributed by atoms with E-state index in [0.29, 0.717) is 0 Å². The Morgan fingerprint density at radius 3 is 2.68 bits per heavy atom. The van der Waals surface area contributed by atoms with Gasteiger partial charge in [-0.25, -0.2) is 0 Å². The Morgan fingerprint density at radius 1 is 1.16 bits per heavy atom. The van der Waals surface area contributed by atoms with Crippen LogP contribution in [0.2, 0.25) is 5.02 Å². The minimum atomic E-state index is -4.58. The van der Waals surface area contributed by atoms with Crippen molar-refractivity contribution in [3.8, 4) is 0 Å². The summed E-state index contributed by atoms with van der Waals surface area (Å²) in [6.07, 6.45) is -1.34. The molecule has 0 atom stereocenters. The van der Waals surface area contributed by atoms with Gasteiger partial charge in [-0.15, -0.1) is 11.8 Å². The van der Waals surface area contributed by atoms with Crippen LogP contribution >= 0.6 is 23.4 Å². The van der Waals surface area contributed by atoms with Crippen LogP contribution in [0.5, 0.6) is 0 Å². The molecule has 0 heterocycles. The highest BCUT2D eigenvalue weighted by Gasteiger charge is 2.34. The van der Waals surface area contributed by atoms with E-state index in [1.165, 1.54) is 35.0 Å². The lowest BCUT2D eigenvalue weighted by atomic mass is 10.1. The Morgan fingerprint density at radius 2 is 1.92 bits per heavy atom. The van der Waals surface area contributed by atoms with Gasteiger partial charge in [0.05, 0.1) is 22.0 Å². The van der Waals surface area contributed by atoms with Crippen LogP contribution in [0, 0.1) is 0 Å². The molecule has 0 aromatic heterocycles. The van der Waals surface area contributed by atoms with Crippen molar-refractivity contribution < 1.29 is 18.0 Å². The molecule has 132 valence electrons. The fourth-order valence-electron chi connectivity index (χ4n) is 2.85. The van der Waals surface area contributed by atoms with Crippen LogP contribution in [0.1, 0.15) is 23.1 Å². The number of aryl methyl sites for hydroxylation is 2. The Hall–Kier alpha value is -1.66. The van der Waals surface area contributed by atoms with Gasteiger partial charge < -0.3 is 5.32 Å². The lowest BCUT2D eigenvalue weighted by Crippen LogP contribution is -2.18. The number of hydrogen-bond acceptors (Lipinski definition) is 2. The molecule has 3 rings (SSSR count). The maximum Gasteiger partial charge on any atom is 0.418 e. The summed E-state index contributed by atoms with van der Waals surface area (Å²) >= 11 is 7.14. The maximum absolute atomic E-state index is 13.0. The van der Waals surface area contributed by atoms with E-state index in [9.17, 15) is 18.0 Å². The minimum absolute atomic E-state index is 0.0152. The van der Waals surface area contributed by atoms with E-state index in [4.69, 9.17) is 11.6 Å². The van der Waals surface area contributed by atoms with Crippen molar-refractivity contribution in [2.24, 2.45) is 0 Å². The number of carbonyl (C=O) groups is 1. The molecule has 2 aromatic rings. The number of para-hydroxylation sites is 1. The van der Waals surface area contributed by atoms with Gasteiger partial charge in [0.25, 0.3) is 0 Å². The first-order valence-electron chi connectivity index (χ1n) is 7.75. The number of nitrogens with one attached hydrogen (secondary N) is 1. The molecule has 25 heavy (non-hydrogen) atoms. The third-order valence-corrected chi connectivity index (χ3v) is 5.33. The molecule has 1 aliphatic rings. The second-order valence-electron chi connectivity index (χ2n) is 5.78. The Labute approximate surface area is 152 Å². The molecular formula is C18H15ClF3NOS. The number of alkyl halides is 3. The standard InChI is InChI=1S/C18H15ClF3NOS/c19-15-6-2-5-14(18(20,21)22)17(15)23-16(24)10-25-13-8-7-11-3-1-4-12(11)9-13/h2,5-9H,1,3-4,10H2,(H,23,24). The smallest absolute Gasteiger partial charge is 0.324 e. The van der Waals surface area contributed by atoms with Crippen molar-refractivity contribution in [1.82, 2.24) is 0 Å². The molecule has 2 aromatic carbocycles. The van der Waals surface area contributed by atoms with Crippen LogP contribution in [0.15, 0.2) is 41.3 Å². The number of rotatable bonds is 4. The first-order valence-corrected chi connectivity index (χ1v) is 9.11. The van der Waals surface area contributed by atoms with Gasteiger partial charge in [-0.05, 0) is 54.7 Å². The van der Waals surface area contributed by atoms with Gasteiger partial charge in [-0.2, -0.15) is 13.2 Å². The molecule has 0 spiro atoms. The Balaban J connectivity index is 1.67. The number of hydrogen-bond donors (Lipinski definition) is 1. The summed E-state index contributed by atoms with van der Waals surface area (Å²) in [5, 5.41) is 2.16. The Bertz CT molecular complexity index is 807. The highest BCUT2D eigenvalue weighted by atomic mass is 35.5. The molecule has 0 bridgehead atoms. The lowest BCUT2D eigenvalue weighted by Gasteiger charge is -2.15. The zero-order valence-corrected chi connectivity index (χ0v) is 14.7. The molecule has 1 amide bonds. The van der Waals surface area contributed by atoms with Crippen LogP contribution in [-0.2, 0) is 23.8 Å². The zero-order valence-electron chi connectivity index (χ0n) is 13.1. The molecule has 1 aliphatic carbocycles. The first kappa shape index (κ1) is 18.1. The molecule has 0 fully saturated rings. The zero-order chi connectivity index (χ0) is 18.0. The minimum Gasteiger partial charge on any atom is -0.324 e. The van der Waals surface area contributed by atoms with E-state index in [-0.39, 0.29) is 10.8 Å². The van der Waals surface area contributed by atoms with Crippen LogP contribution < -0.4 is 5.32 Å². The van der Waals surface area contributed by atoms with Gasteiger partial charge >= 0.3 is 6.18 Å². The fourth-order valence-corrected chi connectivity index (χ4v) is 3.83. The van der Waals surface area contributed by atoms with Gasteiger partial charge in [0.1, 0.15) is 0 Å². The maximum atomic E-state index is 13.0. The van der Waals surface area contributed by atoms with Crippen LogP contribution in [0.3, 0.4) is 0 Å². The topological polar surface area (TPSA) is 29.1 Å². The monoisotopic (exact) mass is 385 g/mol. The molecule has 0 saturated carbocycles. The highest BCUT2D eigenvalue weighted by molar-refractivity contribution is 8.00. The largest absolute Gasteiger partial charge is 0.418 e. The predicted molar refractivity (Wildman–Crippen MR) is 94.3 cm³/mol. The normalized spacial score (nSPS) is 13.6. The van der Waals surface area contributed by atoms with E-state index in [0.717, 1.165) is 30.2 Å². The number of amides is 1. The lowest BCUT2D eigenvalue weighted by molar-refractivity contribution is -0.137. The van der Waals surface area contributed by atoms with Gasteiger partial charge in [-0.1, -0.05) is 23.7 Å². The molecule has 0 unspecified atom stereocenters. The fraction of sp³-hybridized carbons (Fsp3) is 0.278. The second-order valence-corrected chi connectivity index (χ2v) is 7.24. The van der Waals surface area contributed by atoms with Crippen LogP contribution in [0.4, 0.5) is 18.9 Å². The second kappa shape index (κ2) is 7.30. The summed E-state index contributed by atoms with van der Waals surface area (Å²) < 4.78 is 39.1. The van der Waals surface area contributed by atoms with Crippen molar-refractivity contribution in [3.05, 3.63) is 58.1 Å². The summed E-state index contributed by atoms with van der Waals surface area (Å²) in [5.41, 5.74) is 1.28. The van der Waals surface area contributed by atoms with Crippen LogP contribution in [0.25, 0.3) is 0 Å². The van der Waals surface area contributed by atoms with Gasteiger partial charge in [0.15, 0.2) is 0 Å². The molecule has 0 saturated heterocycles. The van der Waals surface area contributed by atoms with Gasteiger partial charge in [-0.3, -0.25) is 4.79 Å². The number of halogens is 4. The summed E-state index contributed by atoms with van der Waals surface area (Å²) in [6, 6.07) is 9.48. The van der Waals surface area contributed by atoms with Crippen molar-refractivity contribution in [3.63, 3.8) is 0 Å². The third kappa shape index (κ3) is 4.30. The number of benzene rings is 2. The molecule has 0 radical (unpaired) electrons. The van der Waals surface area contributed by atoms with Gasteiger partial charge in [0, 0.05) is 4.90 Å². The van der Waals surface area contributed by atoms with Crippen molar-refractivity contribution in [1.29, 1.82) is 0 Å². The number of anilines is 1. The molecular weight excluding hydrogens is 371 g/mol. The third-order valence-electron chi connectivity index (χ3n) is 4.02. The number of thioether (sulfide) groups is 1. The molecule has 2 nitrogen and oxygen atoms in total. The molecule has 0 aliphatic heterocycles. The van der Waals surface area contributed by atoms with Crippen LogP contribution in [-0.4, -0.2) is 11.7 Å². The average Bonchev–Trinajstić information content (AvgIpc) is 3.01. The average molecular weight is 386 g/mol. The van der Waals surface area contributed by atoms with E-state index in [2.05, 4.69) is 17.4 Å². The molecule has 1 N–H and O–H groups in total. The van der Waals surface area contributed by atoms with E-state index >= 15 is 0 Å². The molecule has 7 heteroatoms. The summed E-state index contributed by atoms with van der Waals surface area (Å²) in [4.78, 5) is 13.0. The van der Waals surface area contributed by atoms with E-state index in [1.807, 2.05) is 6.07 Å². The summed E-state index contributed by atoms with van der Waals surface area (Å²) in [7, 11) is 0. The predicted octanol–water partition coefficient (Wildman–Crippen LogP) is 5.58. The summed E-state index contributed by atoms with van der Waals surface area (Å²) in [6.45, 7) is 0. The Kier molecular flexibility index (Phi) is 5.29. The van der Waals surface area contributed by atoms with E-state index < -0.39 is 23.3 Å². The van der Waals surface area contributed by atoms with E-state index in [1.54, 1.807) is 0 Å². The quantitative estimate of drug-likeness (QED) is 0.696. The summed E-state index contributed by atoms with van der Waals surface area (Å²) in [5.74, 6) is -0.509. The van der Waals surface area contributed by atoms with Gasteiger partial charge in [0.2, 0.25) is 5.91 Å². The number of carbonyl (C=O) groups excluding carboxylic acids is 1. The highest BCUT2D eigenvalue weighted by Crippen LogP contribution is 2.38. The van der Waals surface area contributed by atoms with Crippen molar-refractivity contribution >= 4 is 35.0 Å². The van der Waals surface area contributed by atoms with Crippen molar-refractivity contribution in [2.45, 2.75) is 30.3 Å². The first-order chi connectivity index (χ1) is 11.8. The number of fused-ring (bicyclic) bond motifs is 1.